The predicted octanol–water partition coefficient (Wildman–Crippen LogP) is 3.90. The Morgan fingerprint density at radius 2 is 1.73 bits per heavy atom. The van der Waals surface area contributed by atoms with Gasteiger partial charge in [0, 0.05) is 22.9 Å². The molecule has 0 bridgehead atoms. The van der Waals surface area contributed by atoms with Crippen LogP contribution in [-0.2, 0) is 9.59 Å². The number of aliphatic hydroxyl groups is 1. The van der Waals surface area contributed by atoms with Crippen LogP contribution in [0.25, 0.3) is 17.0 Å². The number of aliphatic hydroxyl groups excluding tert-OH is 1. The normalized spacial score (nSPS) is 21.0. The number of ketones is 1. The molecule has 2 aliphatic heterocycles. The fourth-order valence-corrected chi connectivity index (χ4v) is 4.77. The number of nitrogens with one attached hydrogen (secondary N) is 1. The van der Waals surface area contributed by atoms with Crippen LogP contribution in [0.3, 0.4) is 0 Å². The number of aryl methyl sites for hydroxylation is 1. The largest absolute Gasteiger partial charge is 0.507 e. The van der Waals surface area contributed by atoms with E-state index >= 15 is 0 Å². The molecule has 1 unspecified atom stereocenters. The van der Waals surface area contributed by atoms with E-state index < -0.39 is 17.7 Å². The molecule has 5 rings (SSSR count). The Balaban J connectivity index is 1.59. The zero-order valence-corrected chi connectivity index (χ0v) is 18.3. The summed E-state index contributed by atoms with van der Waals surface area (Å²) in [6.07, 6.45) is 3.12. The highest BCUT2D eigenvalue weighted by Crippen LogP contribution is 2.39. The molecule has 0 aliphatic carbocycles. The number of rotatable bonds is 4. The van der Waals surface area contributed by atoms with Crippen molar-refractivity contribution in [1.29, 1.82) is 0 Å². The van der Waals surface area contributed by atoms with Crippen molar-refractivity contribution in [2.75, 3.05) is 18.0 Å². The molecule has 3 aromatic rings. The number of nitrogens with zero attached hydrogens (tertiary/aromatic N) is 2. The summed E-state index contributed by atoms with van der Waals surface area (Å²) in [4.78, 5) is 28.1. The maximum Gasteiger partial charge on any atom is 0.299 e. The van der Waals surface area contributed by atoms with Gasteiger partial charge in [0.25, 0.3) is 11.7 Å². The fourth-order valence-electron chi connectivity index (χ4n) is 4.77. The molecule has 1 atom stereocenters. The summed E-state index contributed by atoms with van der Waals surface area (Å²) in [6, 6.07) is 15.9. The molecule has 0 spiro atoms. The third-order valence-electron chi connectivity index (χ3n) is 6.52. The highest BCUT2D eigenvalue weighted by atomic mass is 16.5. The predicted molar refractivity (Wildman–Crippen MR) is 125 cm³/mol. The van der Waals surface area contributed by atoms with Crippen LogP contribution in [0, 0.1) is 12.8 Å². The van der Waals surface area contributed by atoms with Crippen LogP contribution in [0.4, 0.5) is 5.69 Å². The number of hydrogen-bond acceptors (Lipinski definition) is 6. The number of amides is 1. The molecule has 0 radical (unpaired) electrons. The third-order valence-corrected chi connectivity index (χ3v) is 6.52. The van der Waals surface area contributed by atoms with Gasteiger partial charge in [-0.25, -0.2) is 0 Å². The quantitative estimate of drug-likeness (QED) is 0.361. The zero-order valence-electron chi connectivity index (χ0n) is 18.3. The number of anilines is 1. The van der Waals surface area contributed by atoms with E-state index in [9.17, 15) is 14.7 Å². The van der Waals surface area contributed by atoms with Gasteiger partial charge in [-0.2, -0.15) is 0 Å². The molecule has 1 amide bonds. The number of benzene rings is 2. The van der Waals surface area contributed by atoms with E-state index in [0.717, 1.165) is 37.1 Å². The van der Waals surface area contributed by atoms with Crippen molar-refractivity contribution in [2.24, 2.45) is 5.92 Å². The first kappa shape index (κ1) is 21.2. The van der Waals surface area contributed by atoms with Gasteiger partial charge >= 0.3 is 0 Å². The summed E-state index contributed by atoms with van der Waals surface area (Å²) < 4.78 is 4.92. The van der Waals surface area contributed by atoms with Gasteiger partial charge in [-0.15, -0.1) is 0 Å². The number of aromatic nitrogens is 1. The van der Waals surface area contributed by atoms with Crippen LogP contribution in [-0.4, -0.2) is 41.1 Å². The van der Waals surface area contributed by atoms with Crippen LogP contribution in [0.5, 0.6) is 0 Å². The average molecular weight is 444 g/mol. The Morgan fingerprint density at radius 1 is 1.03 bits per heavy atom. The van der Waals surface area contributed by atoms with E-state index in [2.05, 4.69) is 10.5 Å². The minimum atomic E-state index is -0.641. The van der Waals surface area contributed by atoms with Crippen molar-refractivity contribution < 1.29 is 19.2 Å². The first-order chi connectivity index (χ1) is 16.0. The standard InChI is InChI=1S/C26H25N3O4/c1-16-2-4-19(5-3-16)24(30)22-23(18-10-13-27-14-11-18)29(26(32)25(22)31)20-8-6-17(7-9-20)21-12-15-33-28-21/h2-9,12,15,18,23,27,30H,10-11,13-14H2,1H3/b24-22-. The summed E-state index contributed by atoms with van der Waals surface area (Å²) in [5.74, 6) is -1.31. The number of carbonyl (C=O) groups excluding carboxylic acids is 2. The minimum absolute atomic E-state index is 0.0551. The Labute approximate surface area is 191 Å². The molecule has 33 heavy (non-hydrogen) atoms. The van der Waals surface area contributed by atoms with Gasteiger partial charge in [0.1, 0.15) is 17.7 Å². The van der Waals surface area contributed by atoms with E-state index in [-0.39, 0.29) is 17.3 Å². The highest BCUT2D eigenvalue weighted by molar-refractivity contribution is 6.51. The maximum atomic E-state index is 13.3. The zero-order chi connectivity index (χ0) is 22.9. The lowest BCUT2D eigenvalue weighted by molar-refractivity contribution is -0.132. The second-order valence-corrected chi connectivity index (χ2v) is 8.60. The van der Waals surface area contributed by atoms with Crippen LogP contribution in [0.2, 0.25) is 0 Å². The second-order valence-electron chi connectivity index (χ2n) is 8.60. The first-order valence-electron chi connectivity index (χ1n) is 11.1. The van der Waals surface area contributed by atoms with E-state index in [1.54, 1.807) is 23.1 Å². The summed E-state index contributed by atoms with van der Waals surface area (Å²) in [5.41, 5.74) is 3.94. The smallest absolute Gasteiger partial charge is 0.299 e. The Hall–Kier alpha value is -3.71. The lowest BCUT2D eigenvalue weighted by Gasteiger charge is -2.34. The van der Waals surface area contributed by atoms with Gasteiger partial charge in [0.2, 0.25) is 0 Å². The van der Waals surface area contributed by atoms with Crippen molar-refractivity contribution in [3.05, 3.63) is 77.6 Å². The lowest BCUT2D eigenvalue weighted by atomic mass is 9.84. The van der Waals surface area contributed by atoms with E-state index in [1.165, 1.54) is 6.26 Å². The molecule has 0 saturated carbocycles. The fraction of sp³-hybridized carbons (Fsp3) is 0.269. The Bertz CT molecular complexity index is 1190. The first-order valence-corrected chi connectivity index (χ1v) is 11.1. The van der Waals surface area contributed by atoms with Crippen LogP contribution in [0.1, 0.15) is 24.0 Å². The number of Topliss-reactive ketones (excluding diaryl/α,β-unsaturated/α-hetero) is 1. The monoisotopic (exact) mass is 443 g/mol. The SMILES string of the molecule is Cc1ccc(/C(O)=C2/C(=O)C(=O)N(c3ccc(-c4ccon4)cc3)C2C2CCNCC2)cc1. The van der Waals surface area contributed by atoms with Gasteiger partial charge < -0.3 is 14.9 Å². The van der Waals surface area contributed by atoms with Crippen molar-refractivity contribution in [2.45, 2.75) is 25.8 Å². The topological polar surface area (TPSA) is 95.7 Å². The van der Waals surface area contributed by atoms with Crippen molar-refractivity contribution >= 4 is 23.1 Å². The molecule has 2 fully saturated rings. The van der Waals surface area contributed by atoms with E-state index in [4.69, 9.17) is 4.52 Å². The summed E-state index contributed by atoms with van der Waals surface area (Å²) in [5, 5.41) is 18.5. The molecule has 1 aromatic heterocycles. The molecule has 3 heterocycles. The maximum absolute atomic E-state index is 13.3. The second kappa shape index (κ2) is 8.67. The van der Waals surface area contributed by atoms with Gasteiger partial charge in [0.05, 0.1) is 11.6 Å². The summed E-state index contributed by atoms with van der Waals surface area (Å²) in [7, 11) is 0. The highest BCUT2D eigenvalue weighted by Gasteiger charge is 2.49. The number of carbonyl (C=O) groups is 2. The van der Waals surface area contributed by atoms with Crippen molar-refractivity contribution in [3.8, 4) is 11.3 Å². The lowest BCUT2D eigenvalue weighted by Crippen LogP contribution is -2.43. The minimum Gasteiger partial charge on any atom is -0.507 e. The molecule has 168 valence electrons. The van der Waals surface area contributed by atoms with Crippen LogP contribution < -0.4 is 10.2 Å². The molecule has 2 aliphatic rings. The number of hydrogen-bond donors (Lipinski definition) is 2. The van der Waals surface area contributed by atoms with Gasteiger partial charge in [-0.1, -0.05) is 47.1 Å². The number of piperidine rings is 1. The van der Waals surface area contributed by atoms with Crippen LogP contribution >= 0.6 is 0 Å². The molecule has 2 N–H and O–H groups in total. The molecular formula is C26H25N3O4. The molecule has 2 aromatic carbocycles. The van der Waals surface area contributed by atoms with Crippen molar-refractivity contribution in [1.82, 2.24) is 10.5 Å². The molecular weight excluding hydrogens is 418 g/mol. The summed E-state index contributed by atoms with van der Waals surface area (Å²) in [6.45, 7) is 3.57. The molecule has 7 heteroatoms. The average Bonchev–Trinajstić information content (AvgIpc) is 3.47. The van der Waals surface area contributed by atoms with Crippen LogP contribution in [0.15, 0.2) is 71.0 Å². The van der Waals surface area contributed by atoms with E-state index in [1.807, 2.05) is 43.3 Å². The van der Waals surface area contributed by atoms with Gasteiger partial charge in [-0.05, 0) is 50.9 Å². The van der Waals surface area contributed by atoms with Gasteiger partial charge in [-0.3, -0.25) is 14.5 Å². The van der Waals surface area contributed by atoms with Gasteiger partial charge in [0.15, 0.2) is 0 Å². The Kier molecular flexibility index (Phi) is 5.56. The van der Waals surface area contributed by atoms with E-state index in [0.29, 0.717) is 16.9 Å². The van der Waals surface area contributed by atoms with Crippen molar-refractivity contribution in [3.63, 3.8) is 0 Å². The molecule has 7 nitrogen and oxygen atoms in total. The summed E-state index contributed by atoms with van der Waals surface area (Å²) >= 11 is 0. The molecule has 2 saturated heterocycles. The Morgan fingerprint density at radius 3 is 2.36 bits per heavy atom. The third kappa shape index (κ3) is 3.85.